The molecule has 1 saturated heterocycles. The van der Waals surface area contributed by atoms with Crippen molar-refractivity contribution in [1.82, 2.24) is 9.21 Å². The van der Waals surface area contributed by atoms with Crippen LogP contribution in [0.2, 0.25) is 0 Å². The Labute approximate surface area is 203 Å². The number of rotatable bonds is 9. The smallest absolute Gasteiger partial charge is 0.309 e. The Balaban J connectivity index is 1.71. The quantitative estimate of drug-likeness (QED) is 0.458. The predicted octanol–water partition coefficient (Wildman–Crippen LogP) is 3.48. The molecule has 0 aromatic heterocycles. The van der Waals surface area contributed by atoms with E-state index in [1.54, 1.807) is 24.0 Å². The lowest BCUT2D eigenvalue weighted by Gasteiger charge is -2.32. The van der Waals surface area contributed by atoms with Gasteiger partial charge in [0.05, 0.1) is 24.0 Å². The molecule has 0 saturated carbocycles. The summed E-state index contributed by atoms with van der Waals surface area (Å²) in [5.41, 5.74) is 0.996. The van der Waals surface area contributed by atoms with Gasteiger partial charge >= 0.3 is 5.97 Å². The standard InChI is InChI=1S/C24H29BrN2O5S/c1-2-32-24(29)20-13-15-26(16-14-20)23(28)18-27(17-12-19-6-4-3-5-7-19)33(30,31)22-10-8-21(25)9-11-22/h3-11,20H,2,12-18H2,1H3. The normalized spacial score (nSPS) is 14.9. The molecule has 0 aliphatic carbocycles. The Morgan fingerprint density at radius 2 is 1.70 bits per heavy atom. The Morgan fingerprint density at radius 1 is 1.06 bits per heavy atom. The van der Waals surface area contributed by atoms with E-state index in [2.05, 4.69) is 15.9 Å². The van der Waals surface area contributed by atoms with Gasteiger partial charge < -0.3 is 9.64 Å². The molecule has 1 heterocycles. The Hall–Kier alpha value is -2.23. The van der Waals surface area contributed by atoms with Crippen molar-refractivity contribution in [3.63, 3.8) is 0 Å². The number of carbonyl (C=O) groups is 2. The van der Waals surface area contributed by atoms with Crippen LogP contribution in [-0.2, 0) is 30.8 Å². The molecule has 0 bridgehead atoms. The average molecular weight is 537 g/mol. The van der Waals surface area contributed by atoms with Gasteiger partial charge in [0.1, 0.15) is 0 Å². The Kier molecular flexibility index (Phi) is 9.05. The van der Waals surface area contributed by atoms with E-state index in [0.717, 1.165) is 10.0 Å². The van der Waals surface area contributed by atoms with Gasteiger partial charge in [0.2, 0.25) is 15.9 Å². The van der Waals surface area contributed by atoms with Gasteiger partial charge in [0.15, 0.2) is 0 Å². The highest BCUT2D eigenvalue weighted by Gasteiger charge is 2.32. The summed E-state index contributed by atoms with van der Waals surface area (Å²) in [6.07, 6.45) is 1.54. The number of sulfonamides is 1. The van der Waals surface area contributed by atoms with E-state index in [1.807, 2.05) is 30.3 Å². The molecule has 0 spiro atoms. The molecule has 1 aliphatic rings. The zero-order valence-electron chi connectivity index (χ0n) is 18.7. The summed E-state index contributed by atoms with van der Waals surface area (Å²) < 4.78 is 33.9. The molecular formula is C24H29BrN2O5S. The molecule has 0 atom stereocenters. The Bertz CT molecular complexity index is 1040. The van der Waals surface area contributed by atoms with Gasteiger partial charge in [-0.15, -0.1) is 0 Å². The molecule has 1 fully saturated rings. The predicted molar refractivity (Wildman–Crippen MR) is 129 cm³/mol. The van der Waals surface area contributed by atoms with Crippen molar-refractivity contribution in [3.05, 3.63) is 64.6 Å². The van der Waals surface area contributed by atoms with Crippen LogP contribution in [0.1, 0.15) is 25.3 Å². The minimum atomic E-state index is -3.86. The zero-order chi connectivity index (χ0) is 23.8. The molecule has 0 N–H and O–H groups in total. The lowest BCUT2D eigenvalue weighted by atomic mass is 9.97. The number of amides is 1. The molecule has 0 radical (unpaired) electrons. The van der Waals surface area contributed by atoms with Gasteiger partial charge in [-0.1, -0.05) is 46.3 Å². The van der Waals surface area contributed by atoms with Crippen molar-refractivity contribution in [2.24, 2.45) is 5.92 Å². The monoisotopic (exact) mass is 536 g/mol. The van der Waals surface area contributed by atoms with E-state index in [9.17, 15) is 18.0 Å². The first-order valence-corrected chi connectivity index (χ1v) is 13.3. The van der Waals surface area contributed by atoms with E-state index < -0.39 is 10.0 Å². The molecule has 2 aromatic rings. The number of benzene rings is 2. The Morgan fingerprint density at radius 3 is 2.30 bits per heavy atom. The maximum atomic E-state index is 13.4. The summed E-state index contributed by atoms with van der Waals surface area (Å²) >= 11 is 3.33. The van der Waals surface area contributed by atoms with Crippen LogP contribution in [0.3, 0.4) is 0 Å². The van der Waals surface area contributed by atoms with E-state index in [4.69, 9.17) is 4.74 Å². The summed E-state index contributed by atoms with van der Waals surface area (Å²) in [6.45, 7) is 2.87. The van der Waals surface area contributed by atoms with Crippen molar-refractivity contribution in [2.75, 3.05) is 32.8 Å². The van der Waals surface area contributed by atoms with Gasteiger partial charge in [-0.05, 0) is 56.0 Å². The zero-order valence-corrected chi connectivity index (χ0v) is 21.1. The molecule has 2 aromatic carbocycles. The number of hydrogen-bond donors (Lipinski definition) is 0. The maximum absolute atomic E-state index is 13.4. The van der Waals surface area contributed by atoms with Crippen molar-refractivity contribution < 1.29 is 22.7 Å². The van der Waals surface area contributed by atoms with Crippen LogP contribution in [0, 0.1) is 5.92 Å². The fraction of sp³-hybridized carbons (Fsp3) is 0.417. The maximum Gasteiger partial charge on any atom is 0.309 e. The van der Waals surface area contributed by atoms with Crippen LogP contribution in [0.15, 0.2) is 64.0 Å². The molecule has 0 unspecified atom stereocenters. The second-order valence-electron chi connectivity index (χ2n) is 7.94. The molecule has 7 nitrogen and oxygen atoms in total. The molecule has 1 aliphatic heterocycles. The fourth-order valence-electron chi connectivity index (χ4n) is 3.81. The van der Waals surface area contributed by atoms with E-state index in [-0.39, 0.29) is 35.8 Å². The first-order chi connectivity index (χ1) is 15.8. The molecule has 3 rings (SSSR count). The number of carbonyl (C=O) groups excluding carboxylic acids is 2. The highest BCUT2D eigenvalue weighted by Crippen LogP contribution is 2.22. The summed E-state index contributed by atoms with van der Waals surface area (Å²) in [5, 5.41) is 0. The lowest BCUT2D eigenvalue weighted by Crippen LogP contribution is -2.47. The minimum absolute atomic E-state index is 0.146. The first-order valence-electron chi connectivity index (χ1n) is 11.1. The third-order valence-electron chi connectivity index (χ3n) is 5.72. The number of likely N-dealkylation sites (tertiary alicyclic amines) is 1. The molecular weight excluding hydrogens is 508 g/mol. The van der Waals surface area contributed by atoms with E-state index in [0.29, 0.717) is 39.0 Å². The summed E-state index contributed by atoms with van der Waals surface area (Å²) in [4.78, 5) is 26.8. The van der Waals surface area contributed by atoms with Crippen molar-refractivity contribution in [2.45, 2.75) is 31.1 Å². The van der Waals surface area contributed by atoms with Crippen LogP contribution in [0.5, 0.6) is 0 Å². The van der Waals surface area contributed by atoms with E-state index in [1.165, 1.54) is 16.4 Å². The van der Waals surface area contributed by atoms with Gasteiger partial charge in [-0.2, -0.15) is 4.31 Å². The summed E-state index contributed by atoms with van der Waals surface area (Å²) in [6, 6.07) is 16.0. The second kappa shape index (κ2) is 11.8. The van der Waals surface area contributed by atoms with Crippen LogP contribution in [-0.4, -0.2) is 62.3 Å². The largest absolute Gasteiger partial charge is 0.466 e. The number of nitrogens with zero attached hydrogens (tertiary/aromatic N) is 2. The first kappa shape index (κ1) is 25.4. The summed E-state index contributed by atoms with van der Waals surface area (Å²) in [7, 11) is -3.86. The molecule has 1 amide bonds. The molecule has 178 valence electrons. The minimum Gasteiger partial charge on any atom is -0.466 e. The van der Waals surface area contributed by atoms with Crippen LogP contribution >= 0.6 is 15.9 Å². The SMILES string of the molecule is CCOC(=O)C1CCN(C(=O)CN(CCc2ccccc2)S(=O)(=O)c2ccc(Br)cc2)CC1. The van der Waals surface area contributed by atoms with Crippen molar-refractivity contribution >= 4 is 37.8 Å². The van der Waals surface area contributed by atoms with Gasteiger partial charge in [0, 0.05) is 24.1 Å². The third kappa shape index (κ3) is 6.88. The highest BCUT2D eigenvalue weighted by atomic mass is 79.9. The van der Waals surface area contributed by atoms with E-state index >= 15 is 0 Å². The number of hydrogen-bond acceptors (Lipinski definition) is 5. The summed E-state index contributed by atoms with van der Waals surface area (Å²) in [5.74, 6) is -0.701. The van der Waals surface area contributed by atoms with Crippen molar-refractivity contribution in [1.29, 1.82) is 0 Å². The van der Waals surface area contributed by atoms with Gasteiger partial charge in [-0.25, -0.2) is 8.42 Å². The average Bonchev–Trinajstić information content (AvgIpc) is 2.82. The highest BCUT2D eigenvalue weighted by molar-refractivity contribution is 9.10. The fourth-order valence-corrected chi connectivity index (χ4v) is 5.47. The third-order valence-corrected chi connectivity index (χ3v) is 8.11. The topological polar surface area (TPSA) is 84.0 Å². The van der Waals surface area contributed by atoms with Crippen LogP contribution in [0.4, 0.5) is 0 Å². The van der Waals surface area contributed by atoms with Crippen molar-refractivity contribution in [3.8, 4) is 0 Å². The van der Waals surface area contributed by atoms with Crippen LogP contribution < -0.4 is 0 Å². The second-order valence-corrected chi connectivity index (χ2v) is 10.8. The lowest BCUT2D eigenvalue weighted by molar-refractivity contribution is -0.151. The number of esters is 1. The van der Waals surface area contributed by atoms with Gasteiger partial charge in [-0.3, -0.25) is 9.59 Å². The van der Waals surface area contributed by atoms with Gasteiger partial charge in [0.25, 0.3) is 0 Å². The number of halogens is 1. The molecule has 33 heavy (non-hydrogen) atoms. The molecule has 9 heteroatoms. The number of piperidine rings is 1. The van der Waals surface area contributed by atoms with Crippen LogP contribution in [0.25, 0.3) is 0 Å². The number of ether oxygens (including phenoxy) is 1.